The highest BCUT2D eigenvalue weighted by Gasteiger charge is 2.30. The third-order valence-corrected chi connectivity index (χ3v) is 4.86. The number of aliphatic imine (C=N–C) groups is 1. The van der Waals surface area contributed by atoms with Gasteiger partial charge < -0.3 is 4.74 Å². The number of hydrogen-bond donors (Lipinski definition) is 0. The van der Waals surface area contributed by atoms with Crippen molar-refractivity contribution in [1.29, 1.82) is 0 Å². The second-order valence-corrected chi connectivity index (χ2v) is 6.56. The summed E-state index contributed by atoms with van der Waals surface area (Å²) in [4.78, 5) is 18.7. The number of amides is 1. The van der Waals surface area contributed by atoms with Crippen LogP contribution in [0, 0.1) is 12.7 Å². The lowest BCUT2D eigenvalue weighted by Crippen LogP contribution is -2.23. The van der Waals surface area contributed by atoms with E-state index in [2.05, 4.69) is 4.99 Å². The van der Waals surface area contributed by atoms with Crippen LogP contribution in [0.5, 0.6) is 5.75 Å². The SMILES string of the molecule is COc1cc(/C=C2/SC(=Nc3ccccc3F)N(C)C2=O)ccc1C. The number of likely N-dealkylation sites (N-methyl/N-ethyl adjacent to an activating group) is 1. The van der Waals surface area contributed by atoms with Crippen LogP contribution in [-0.2, 0) is 4.79 Å². The van der Waals surface area contributed by atoms with E-state index in [1.807, 2.05) is 25.1 Å². The average Bonchev–Trinajstić information content (AvgIpc) is 2.86. The van der Waals surface area contributed by atoms with E-state index >= 15 is 0 Å². The van der Waals surface area contributed by atoms with Crippen LogP contribution in [0.25, 0.3) is 6.08 Å². The number of nitrogens with zero attached hydrogens (tertiary/aromatic N) is 2. The Hall–Kier alpha value is -2.60. The van der Waals surface area contributed by atoms with E-state index in [1.165, 1.54) is 22.7 Å². The predicted molar refractivity (Wildman–Crippen MR) is 99.6 cm³/mol. The van der Waals surface area contributed by atoms with Gasteiger partial charge >= 0.3 is 0 Å². The van der Waals surface area contributed by atoms with E-state index in [0.29, 0.717) is 10.1 Å². The Balaban J connectivity index is 1.92. The molecule has 0 radical (unpaired) electrons. The van der Waals surface area contributed by atoms with E-state index in [0.717, 1.165) is 16.9 Å². The molecule has 0 N–H and O–H groups in total. The lowest BCUT2D eigenvalue weighted by atomic mass is 10.1. The molecule has 0 aromatic heterocycles. The zero-order valence-corrected chi connectivity index (χ0v) is 14.9. The summed E-state index contributed by atoms with van der Waals surface area (Å²) >= 11 is 1.22. The molecule has 1 fully saturated rings. The standard InChI is InChI=1S/C19H17FN2O2S/c1-12-8-9-13(10-16(12)24-3)11-17-18(23)22(2)19(25-17)21-15-7-5-4-6-14(15)20/h4-11H,1-3H3/b17-11+,21-19?. The fourth-order valence-corrected chi connectivity index (χ4v) is 3.35. The molecule has 0 aliphatic carbocycles. The van der Waals surface area contributed by atoms with Crippen molar-refractivity contribution in [3.63, 3.8) is 0 Å². The maximum atomic E-state index is 13.8. The van der Waals surface area contributed by atoms with E-state index < -0.39 is 5.82 Å². The van der Waals surface area contributed by atoms with Gasteiger partial charge in [0.2, 0.25) is 0 Å². The summed E-state index contributed by atoms with van der Waals surface area (Å²) in [7, 11) is 3.24. The molecule has 25 heavy (non-hydrogen) atoms. The number of ether oxygens (including phenoxy) is 1. The first-order chi connectivity index (χ1) is 12.0. The lowest BCUT2D eigenvalue weighted by Gasteiger charge is -2.07. The third-order valence-electron chi connectivity index (χ3n) is 3.80. The van der Waals surface area contributed by atoms with E-state index in [-0.39, 0.29) is 11.6 Å². The highest BCUT2D eigenvalue weighted by Crippen LogP contribution is 2.34. The molecule has 1 saturated heterocycles. The van der Waals surface area contributed by atoms with Crippen molar-refractivity contribution in [2.75, 3.05) is 14.2 Å². The smallest absolute Gasteiger partial charge is 0.266 e. The minimum atomic E-state index is -0.419. The number of methoxy groups -OCH3 is 1. The summed E-state index contributed by atoms with van der Waals surface area (Å²) < 4.78 is 19.1. The fraction of sp³-hybridized carbons (Fsp3) is 0.158. The van der Waals surface area contributed by atoms with Gasteiger partial charge in [0.05, 0.1) is 12.0 Å². The van der Waals surface area contributed by atoms with Crippen LogP contribution in [0.15, 0.2) is 52.4 Å². The highest BCUT2D eigenvalue weighted by atomic mass is 32.2. The number of carbonyl (C=O) groups is 1. The van der Waals surface area contributed by atoms with Crippen molar-refractivity contribution in [3.8, 4) is 5.75 Å². The minimum absolute atomic E-state index is 0.167. The summed E-state index contributed by atoms with van der Waals surface area (Å²) in [5, 5.41) is 0.445. The number of para-hydroxylation sites is 1. The van der Waals surface area contributed by atoms with Gasteiger partial charge in [-0.15, -0.1) is 0 Å². The molecular weight excluding hydrogens is 339 g/mol. The van der Waals surface area contributed by atoms with Crippen molar-refractivity contribution < 1.29 is 13.9 Å². The molecule has 128 valence electrons. The maximum absolute atomic E-state index is 13.8. The summed E-state index contributed by atoms with van der Waals surface area (Å²) in [5.41, 5.74) is 2.09. The molecule has 1 aliphatic heterocycles. The Morgan fingerprint density at radius 1 is 1.24 bits per heavy atom. The normalized spacial score (nSPS) is 17.6. The van der Waals surface area contributed by atoms with Crippen molar-refractivity contribution in [3.05, 3.63) is 64.3 Å². The van der Waals surface area contributed by atoms with Gasteiger partial charge in [-0.05, 0) is 54.1 Å². The Morgan fingerprint density at radius 2 is 2.00 bits per heavy atom. The molecule has 4 nitrogen and oxygen atoms in total. The van der Waals surface area contributed by atoms with Gasteiger partial charge in [-0.2, -0.15) is 0 Å². The first kappa shape index (κ1) is 17.2. The maximum Gasteiger partial charge on any atom is 0.266 e. The van der Waals surface area contributed by atoms with Gasteiger partial charge in [0.15, 0.2) is 5.17 Å². The topological polar surface area (TPSA) is 41.9 Å². The van der Waals surface area contributed by atoms with E-state index in [9.17, 15) is 9.18 Å². The summed E-state index contributed by atoms with van der Waals surface area (Å²) in [6.45, 7) is 1.96. The number of hydrogen-bond acceptors (Lipinski definition) is 4. The minimum Gasteiger partial charge on any atom is -0.496 e. The molecule has 1 amide bonds. The molecular formula is C19H17FN2O2S. The summed E-state index contributed by atoms with van der Waals surface area (Å²) in [6, 6.07) is 12.0. The second kappa shape index (κ2) is 7.11. The number of thioether (sulfide) groups is 1. The van der Waals surface area contributed by atoms with Gasteiger partial charge in [0.1, 0.15) is 17.3 Å². The van der Waals surface area contributed by atoms with Gasteiger partial charge in [-0.25, -0.2) is 9.38 Å². The van der Waals surface area contributed by atoms with Gasteiger partial charge in [-0.1, -0.05) is 24.3 Å². The molecule has 2 aromatic rings. The van der Waals surface area contributed by atoms with Gasteiger partial charge in [0, 0.05) is 7.05 Å². The zero-order chi connectivity index (χ0) is 18.0. The number of aryl methyl sites for hydroxylation is 1. The Morgan fingerprint density at radius 3 is 2.72 bits per heavy atom. The monoisotopic (exact) mass is 356 g/mol. The zero-order valence-electron chi connectivity index (χ0n) is 14.1. The van der Waals surface area contributed by atoms with Crippen molar-refractivity contribution >= 4 is 34.6 Å². The number of amidine groups is 1. The summed E-state index contributed by atoms with van der Waals surface area (Å²) in [6.07, 6.45) is 1.79. The largest absolute Gasteiger partial charge is 0.496 e. The van der Waals surface area contributed by atoms with Gasteiger partial charge in [0.25, 0.3) is 5.91 Å². The number of rotatable bonds is 3. The van der Waals surface area contributed by atoms with Crippen LogP contribution in [0.2, 0.25) is 0 Å². The van der Waals surface area contributed by atoms with Crippen LogP contribution in [0.1, 0.15) is 11.1 Å². The molecule has 6 heteroatoms. The predicted octanol–water partition coefficient (Wildman–Crippen LogP) is 4.38. The first-order valence-electron chi connectivity index (χ1n) is 7.65. The Bertz CT molecular complexity index is 893. The highest BCUT2D eigenvalue weighted by molar-refractivity contribution is 8.18. The molecule has 0 saturated carbocycles. The van der Waals surface area contributed by atoms with Crippen LogP contribution < -0.4 is 4.74 Å². The first-order valence-corrected chi connectivity index (χ1v) is 8.46. The average molecular weight is 356 g/mol. The molecule has 1 heterocycles. The lowest BCUT2D eigenvalue weighted by molar-refractivity contribution is -0.121. The number of halogens is 1. The number of benzene rings is 2. The molecule has 0 spiro atoms. The van der Waals surface area contributed by atoms with E-state index in [4.69, 9.17) is 4.74 Å². The van der Waals surface area contributed by atoms with E-state index in [1.54, 1.807) is 38.4 Å². The van der Waals surface area contributed by atoms with Gasteiger partial charge in [-0.3, -0.25) is 9.69 Å². The van der Waals surface area contributed by atoms with Crippen molar-refractivity contribution in [2.24, 2.45) is 4.99 Å². The molecule has 2 aromatic carbocycles. The van der Waals surface area contributed by atoms with Crippen molar-refractivity contribution in [2.45, 2.75) is 6.92 Å². The fourth-order valence-electron chi connectivity index (χ4n) is 2.37. The Kier molecular flexibility index (Phi) is 4.90. The molecule has 1 aliphatic rings. The number of carbonyl (C=O) groups excluding carboxylic acids is 1. The summed E-state index contributed by atoms with van der Waals surface area (Å²) in [5.74, 6) is 0.176. The van der Waals surface area contributed by atoms with Crippen LogP contribution in [-0.4, -0.2) is 30.1 Å². The third kappa shape index (κ3) is 3.58. The van der Waals surface area contributed by atoms with Crippen molar-refractivity contribution in [1.82, 2.24) is 4.90 Å². The molecule has 0 atom stereocenters. The molecule has 0 bridgehead atoms. The van der Waals surface area contributed by atoms with Crippen LogP contribution in [0.4, 0.5) is 10.1 Å². The molecule has 0 unspecified atom stereocenters. The van der Waals surface area contributed by atoms with Crippen LogP contribution in [0.3, 0.4) is 0 Å². The Labute approximate surface area is 150 Å². The molecule has 3 rings (SSSR count). The quantitative estimate of drug-likeness (QED) is 0.767. The van der Waals surface area contributed by atoms with Crippen LogP contribution >= 0.6 is 11.8 Å². The second-order valence-electron chi connectivity index (χ2n) is 5.55.